The monoisotopic (exact) mass is 278 g/mol. The molecular formula is C17H14N2O2. The van der Waals surface area contributed by atoms with Crippen LogP contribution in [0.4, 0.5) is 0 Å². The normalized spacial score (nSPS) is 10.9. The Morgan fingerprint density at radius 2 is 1.29 bits per heavy atom. The lowest BCUT2D eigenvalue weighted by molar-refractivity contribution is 0.474. The first-order valence-corrected chi connectivity index (χ1v) is 6.25. The molecule has 0 saturated carbocycles. The van der Waals surface area contributed by atoms with E-state index in [2.05, 4.69) is 22.3 Å². The fourth-order valence-corrected chi connectivity index (χ4v) is 1.58. The van der Waals surface area contributed by atoms with Crippen LogP contribution in [-0.4, -0.2) is 22.6 Å². The minimum absolute atomic E-state index is 0.134. The number of phenols is 2. The number of rotatable bonds is 4. The van der Waals surface area contributed by atoms with Gasteiger partial charge in [0.1, 0.15) is 11.5 Å². The zero-order valence-corrected chi connectivity index (χ0v) is 11.3. The standard InChI is InChI=1S/C17H14N2O2/c1-2-17(18-11-13-7-3-5-9-15(13)20)19-12-14-8-4-6-10-16(14)21/h3-12,20-21H,1H2. The summed E-state index contributed by atoms with van der Waals surface area (Å²) in [7, 11) is 0. The van der Waals surface area contributed by atoms with Crippen molar-refractivity contribution in [3.8, 4) is 11.5 Å². The Labute approximate surface area is 122 Å². The Kier molecular flexibility index (Phi) is 4.70. The number of para-hydroxylation sites is 2. The fraction of sp³-hybridized carbons (Fsp3) is 0. The molecule has 4 heteroatoms. The zero-order chi connectivity index (χ0) is 15.1. The summed E-state index contributed by atoms with van der Waals surface area (Å²) in [5, 5.41) is 19.3. The van der Waals surface area contributed by atoms with Crippen LogP contribution < -0.4 is 0 Å². The molecule has 21 heavy (non-hydrogen) atoms. The van der Waals surface area contributed by atoms with E-state index in [1.165, 1.54) is 12.4 Å². The molecule has 2 aromatic carbocycles. The summed E-state index contributed by atoms with van der Waals surface area (Å²) >= 11 is 0. The highest BCUT2D eigenvalue weighted by Gasteiger charge is 1.97. The Morgan fingerprint density at radius 1 is 0.857 bits per heavy atom. The first kappa shape index (κ1) is 14.3. The van der Waals surface area contributed by atoms with Gasteiger partial charge in [-0.05, 0) is 24.3 Å². The first-order valence-electron chi connectivity index (χ1n) is 6.25. The summed E-state index contributed by atoms with van der Waals surface area (Å²) < 4.78 is 0. The molecule has 0 aliphatic heterocycles. The van der Waals surface area contributed by atoms with Crippen molar-refractivity contribution in [3.63, 3.8) is 0 Å². The molecule has 0 aliphatic rings. The van der Waals surface area contributed by atoms with Crippen LogP contribution in [0.2, 0.25) is 0 Å². The second kappa shape index (κ2) is 6.89. The van der Waals surface area contributed by atoms with Gasteiger partial charge in [0, 0.05) is 23.6 Å². The second-order valence-corrected chi connectivity index (χ2v) is 4.13. The fourth-order valence-electron chi connectivity index (χ4n) is 1.58. The molecule has 0 amide bonds. The lowest BCUT2D eigenvalue weighted by Gasteiger charge is -1.97. The van der Waals surface area contributed by atoms with Crippen molar-refractivity contribution in [3.05, 3.63) is 77.8 Å². The Balaban J connectivity index is 2.17. The molecule has 2 rings (SSSR count). The molecule has 0 bridgehead atoms. The van der Waals surface area contributed by atoms with E-state index in [0.717, 1.165) is 0 Å². The summed E-state index contributed by atoms with van der Waals surface area (Å²) in [6, 6.07) is 13.7. The lowest BCUT2D eigenvalue weighted by Crippen LogP contribution is -1.85. The van der Waals surface area contributed by atoms with Gasteiger partial charge in [0.05, 0.1) is 0 Å². The van der Waals surface area contributed by atoms with E-state index in [9.17, 15) is 10.2 Å². The van der Waals surface area contributed by atoms with Crippen molar-refractivity contribution in [2.24, 2.45) is 9.98 Å². The van der Waals surface area contributed by atoms with E-state index in [0.29, 0.717) is 11.1 Å². The molecule has 0 radical (unpaired) electrons. The van der Waals surface area contributed by atoms with Gasteiger partial charge in [-0.1, -0.05) is 36.6 Å². The van der Waals surface area contributed by atoms with Crippen molar-refractivity contribution in [1.29, 1.82) is 0 Å². The van der Waals surface area contributed by atoms with Crippen LogP contribution in [0.1, 0.15) is 11.1 Å². The van der Waals surface area contributed by atoms with Crippen LogP contribution in [0, 0.1) is 0 Å². The van der Waals surface area contributed by atoms with Crippen molar-refractivity contribution >= 4 is 12.4 Å². The van der Waals surface area contributed by atoms with E-state index in [4.69, 9.17) is 0 Å². The van der Waals surface area contributed by atoms with Gasteiger partial charge in [0.2, 0.25) is 0 Å². The van der Waals surface area contributed by atoms with Gasteiger partial charge in [0.15, 0.2) is 5.82 Å². The average Bonchev–Trinajstić information content (AvgIpc) is 2.50. The molecule has 0 spiro atoms. The summed E-state index contributed by atoms with van der Waals surface area (Å²) in [5.41, 5.74) is 3.73. The molecule has 0 aromatic heterocycles. The van der Waals surface area contributed by atoms with Crippen LogP contribution in [0.15, 0.2) is 76.6 Å². The quantitative estimate of drug-likeness (QED) is 0.666. The topological polar surface area (TPSA) is 65.2 Å². The van der Waals surface area contributed by atoms with E-state index in [1.807, 2.05) is 0 Å². The molecule has 0 heterocycles. The Bertz CT molecular complexity index is 684. The van der Waals surface area contributed by atoms with Crippen LogP contribution in [0.3, 0.4) is 0 Å². The highest BCUT2D eigenvalue weighted by Crippen LogP contribution is 2.15. The minimum Gasteiger partial charge on any atom is -0.507 e. The SMILES string of the molecule is C=C=C(N=Cc1ccccc1O)N=Cc1ccccc1O. The summed E-state index contributed by atoms with van der Waals surface area (Å²) in [5.74, 6) is 0.519. The van der Waals surface area contributed by atoms with Gasteiger partial charge in [-0.15, -0.1) is 0 Å². The zero-order valence-electron chi connectivity index (χ0n) is 11.3. The summed E-state index contributed by atoms with van der Waals surface area (Å²) in [6.45, 7) is 3.52. The molecule has 2 aromatic rings. The van der Waals surface area contributed by atoms with Gasteiger partial charge in [-0.3, -0.25) is 0 Å². The van der Waals surface area contributed by atoms with Crippen molar-refractivity contribution in [2.75, 3.05) is 0 Å². The number of hydrogen-bond acceptors (Lipinski definition) is 4. The number of hydrogen-bond donors (Lipinski definition) is 2. The lowest BCUT2D eigenvalue weighted by atomic mass is 10.2. The second-order valence-electron chi connectivity index (χ2n) is 4.13. The molecule has 104 valence electrons. The highest BCUT2D eigenvalue weighted by atomic mass is 16.3. The van der Waals surface area contributed by atoms with Gasteiger partial charge in [0.25, 0.3) is 0 Å². The number of phenolic OH excluding ortho intramolecular Hbond substituents is 2. The number of benzene rings is 2. The predicted molar refractivity (Wildman–Crippen MR) is 84.1 cm³/mol. The number of nitrogens with zero attached hydrogens (tertiary/aromatic N) is 2. The maximum atomic E-state index is 9.63. The molecule has 4 nitrogen and oxygen atoms in total. The Hall–Kier alpha value is -3.10. The average molecular weight is 278 g/mol. The number of aromatic hydroxyl groups is 2. The van der Waals surface area contributed by atoms with Crippen LogP contribution in [0.5, 0.6) is 11.5 Å². The van der Waals surface area contributed by atoms with Gasteiger partial charge < -0.3 is 10.2 Å². The summed E-state index contributed by atoms with van der Waals surface area (Å²) in [6.07, 6.45) is 2.95. The van der Waals surface area contributed by atoms with Crippen molar-refractivity contribution in [2.45, 2.75) is 0 Å². The van der Waals surface area contributed by atoms with Gasteiger partial charge in [-0.25, -0.2) is 9.98 Å². The maximum absolute atomic E-state index is 9.63. The van der Waals surface area contributed by atoms with Gasteiger partial charge in [-0.2, -0.15) is 0 Å². The van der Waals surface area contributed by atoms with E-state index in [-0.39, 0.29) is 17.3 Å². The largest absolute Gasteiger partial charge is 0.507 e. The minimum atomic E-state index is 0.134. The third kappa shape index (κ3) is 3.93. The van der Waals surface area contributed by atoms with Crippen molar-refractivity contribution in [1.82, 2.24) is 0 Å². The summed E-state index contributed by atoms with van der Waals surface area (Å²) in [4.78, 5) is 8.19. The Morgan fingerprint density at radius 3 is 1.67 bits per heavy atom. The molecule has 0 atom stereocenters. The smallest absolute Gasteiger partial charge is 0.196 e. The maximum Gasteiger partial charge on any atom is 0.196 e. The third-order valence-corrected chi connectivity index (χ3v) is 2.68. The molecule has 0 fully saturated rings. The van der Waals surface area contributed by atoms with E-state index < -0.39 is 0 Å². The first-order chi connectivity index (χ1) is 10.2. The van der Waals surface area contributed by atoms with Crippen LogP contribution in [-0.2, 0) is 0 Å². The van der Waals surface area contributed by atoms with Crippen molar-refractivity contribution < 1.29 is 10.2 Å². The number of aliphatic imine (C=N–C) groups is 2. The van der Waals surface area contributed by atoms with Crippen LogP contribution in [0.25, 0.3) is 0 Å². The van der Waals surface area contributed by atoms with Gasteiger partial charge >= 0.3 is 0 Å². The molecule has 0 unspecified atom stereocenters. The van der Waals surface area contributed by atoms with E-state index >= 15 is 0 Å². The molecule has 0 saturated heterocycles. The molecular weight excluding hydrogens is 264 g/mol. The third-order valence-electron chi connectivity index (χ3n) is 2.68. The van der Waals surface area contributed by atoms with Crippen LogP contribution >= 0.6 is 0 Å². The molecule has 2 N–H and O–H groups in total. The predicted octanol–water partition coefficient (Wildman–Crippen LogP) is 3.26. The highest BCUT2D eigenvalue weighted by molar-refractivity contribution is 5.85. The van der Waals surface area contributed by atoms with E-state index in [1.54, 1.807) is 48.5 Å². The molecule has 0 aliphatic carbocycles.